The van der Waals surface area contributed by atoms with E-state index in [1.54, 1.807) is 6.92 Å². The van der Waals surface area contributed by atoms with E-state index in [1.165, 1.54) is 18.2 Å². The van der Waals surface area contributed by atoms with E-state index < -0.39 is 29.7 Å². The molecule has 2 aliphatic heterocycles. The molecule has 2 aromatic rings. The van der Waals surface area contributed by atoms with Crippen molar-refractivity contribution in [3.05, 3.63) is 58.7 Å². The third kappa shape index (κ3) is 2.44. The van der Waals surface area contributed by atoms with E-state index in [-0.39, 0.29) is 11.3 Å². The lowest BCUT2D eigenvalue weighted by atomic mass is 9.99. The van der Waals surface area contributed by atoms with Crippen LogP contribution < -0.4 is 5.32 Å². The largest absolute Gasteiger partial charge is 0.484 e. The van der Waals surface area contributed by atoms with Gasteiger partial charge in [0.15, 0.2) is 0 Å². The topological polar surface area (TPSA) is 51.2 Å². The Kier molecular flexibility index (Phi) is 3.54. The average Bonchev–Trinajstić information content (AvgIpc) is 3.09. The van der Waals surface area contributed by atoms with Crippen LogP contribution in [0.15, 0.2) is 30.5 Å². The number of fused-ring (bicyclic) bond motifs is 2. The second-order valence-electron chi connectivity index (χ2n) is 6.02. The molecule has 8 heteroatoms. The third-order valence-corrected chi connectivity index (χ3v) is 4.40. The highest BCUT2D eigenvalue weighted by Gasteiger charge is 2.39. The highest BCUT2D eigenvalue weighted by atomic mass is 19.4. The number of carbonyl (C=O) groups is 1. The van der Waals surface area contributed by atoms with Crippen molar-refractivity contribution in [3.8, 4) is 0 Å². The van der Waals surface area contributed by atoms with Crippen LogP contribution in [0.25, 0.3) is 11.3 Å². The van der Waals surface area contributed by atoms with Crippen molar-refractivity contribution in [2.24, 2.45) is 0 Å². The molecule has 2 aliphatic rings. The number of anilines is 1. The zero-order valence-corrected chi connectivity index (χ0v) is 13.4. The lowest BCUT2D eigenvalue weighted by Crippen LogP contribution is -2.09. The minimum atomic E-state index is -4.58. The van der Waals surface area contributed by atoms with Gasteiger partial charge in [0, 0.05) is 28.6 Å². The summed E-state index contributed by atoms with van der Waals surface area (Å²) in [6.07, 6.45) is -3.75. The van der Waals surface area contributed by atoms with E-state index in [0.29, 0.717) is 28.8 Å². The van der Waals surface area contributed by atoms with Crippen molar-refractivity contribution in [3.63, 3.8) is 0 Å². The summed E-state index contributed by atoms with van der Waals surface area (Å²) in [5, 5.41) is 2.61. The number of hydrogen-bond donors (Lipinski definition) is 1. The van der Waals surface area contributed by atoms with Crippen LogP contribution in [-0.2, 0) is 15.7 Å². The smallest absolute Gasteiger partial charge is 0.433 e. The molecule has 134 valence electrons. The Balaban J connectivity index is 1.93. The number of amides is 1. The lowest BCUT2D eigenvalue weighted by molar-refractivity contribution is -0.141. The molecule has 1 N–H and O–H groups in total. The van der Waals surface area contributed by atoms with Crippen LogP contribution in [0, 0.1) is 5.82 Å². The van der Waals surface area contributed by atoms with Crippen molar-refractivity contribution in [1.29, 1.82) is 0 Å². The van der Waals surface area contributed by atoms with Crippen LogP contribution in [0.3, 0.4) is 0 Å². The molecule has 26 heavy (non-hydrogen) atoms. The predicted octanol–water partition coefficient (Wildman–Crippen LogP) is 4.54. The van der Waals surface area contributed by atoms with Crippen molar-refractivity contribution in [2.45, 2.75) is 25.6 Å². The van der Waals surface area contributed by atoms with Gasteiger partial charge in [-0.3, -0.25) is 9.78 Å². The number of pyridine rings is 1. The summed E-state index contributed by atoms with van der Waals surface area (Å²) >= 11 is 0. The van der Waals surface area contributed by atoms with Crippen molar-refractivity contribution >= 4 is 22.9 Å². The molecule has 0 aliphatic carbocycles. The van der Waals surface area contributed by atoms with E-state index in [4.69, 9.17) is 4.74 Å². The summed E-state index contributed by atoms with van der Waals surface area (Å²) in [5.74, 6) is -0.910. The van der Waals surface area contributed by atoms with Crippen LogP contribution in [0.5, 0.6) is 0 Å². The molecule has 0 bridgehead atoms. The molecule has 1 aromatic carbocycles. The molecule has 4 rings (SSSR count). The van der Waals surface area contributed by atoms with Crippen LogP contribution >= 0.6 is 0 Å². The normalized spacial score (nSPS) is 21.3. The number of nitrogens with one attached hydrogen (secondary N) is 1. The van der Waals surface area contributed by atoms with Crippen molar-refractivity contribution in [2.75, 3.05) is 5.32 Å². The number of ether oxygens (including phenoxy) is 1. The summed E-state index contributed by atoms with van der Waals surface area (Å²) in [5.41, 5.74) is 0.434. The van der Waals surface area contributed by atoms with Gasteiger partial charge >= 0.3 is 6.18 Å². The molecule has 1 aromatic heterocycles. The minimum absolute atomic E-state index is 0.0956. The molecule has 1 unspecified atom stereocenters. The second kappa shape index (κ2) is 5.55. The quantitative estimate of drug-likeness (QED) is 0.597. The Labute approximate surface area is 145 Å². The number of rotatable bonds is 1. The first-order valence-electron chi connectivity index (χ1n) is 7.89. The van der Waals surface area contributed by atoms with Gasteiger partial charge in [-0.05, 0) is 30.7 Å². The van der Waals surface area contributed by atoms with Gasteiger partial charge < -0.3 is 10.1 Å². The third-order valence-electron chi connectivity index (χ3n) is 4.40. The van der Waals surface area contributed by atoms with Crippen molar-refractivity contribution in [1.82, 2.24) is 4.98 Å². The van der Waals surface area contributed by atoms with Crippen LogP contribution in [0.4, 0.5) is 23.2 Å². The van der Waals surface area contributed by atoms with Crippen molar-refractivity contribution < 1.29 is 27.1 Å². The molecular formula is C18H12F4N2O2. The van der Waals surface area contributed by atoms with E-state index in [0.717, 1.165) is 12.3 Å². The van der Waals surface area contributed by atoms with Gasteiger partial charge in [0.25, 0.3) is 5.91 Å². The van der Waals surface area contributed by atoms with E-state index in [2.05, 4.69) is 10.3 Å². The fourth-order valence-corrected chi connectivity index (χ4v) is 3.21. The number of carbonyl (C=O) groups excluding carboxylic acids is 1. The molecule has 0 spiro atoms. The van der Waals surface area contributed by atoms with Gasteiger partial charge in [0.05, 0.1) is 5.57 Å². The van der Waals surface area contributed by atoms with Crippen LogP contribution in [0.2, 0.25) is 0 Å². The van der Waals surface area contributed by atoms with Gasteiger partial charge in [-0.15, -0.1) is 0 Å². The lowest BCUT2D eigenvalue weighted by Gasteiger charge is -2.10. The summed E-state index contributed by atoms with van der Waals surface area (Å²) in [7, 11) is 0. The molecule has 0 fully saturated rings. The first kappa shape index (κ1) is 16.6. The summed E-state index contributed by atoms with van der Waals surface area (Å²) in [4.78, 5) is 15.9. The Hall–Kier alpha value is -2.90. The highest BCUT2D eigenvalue weighted by molar-refractivity contribution is 6.36. The van der Waals surface area contributed by atoms with Crippen LogP contribution in [-0.4, -0.2) is 10.9 Å². The maximum atomic E-state index is 13.6. The summed E-state index contributed by atoms with van der Waals surface area (Å²) in [6.45, 7) is 1.76. The number of hydrogen-bond acceptors (Lipinski definition) is 3. The summed E-state index contributed by atoms with van der Waals surface area (Å²) in [6, 6.07) is 4.77. The zero-order chi connectivity index (χ0) is 18.6. The molecule has 1 amide bonds. The Bertz CT molecular complexity index is 966. The first-order chi connectivity index (χ1) is 12.3. The fourth-order valence-electron chi connectivity index (χ4n) is 3.21. The van der Waals surface area contributed by atoms with Gasteiger partial charge in [-0.25, -0.2) is 4.39 Å². The first-order valence-corrected chi connectivity index (χ1v) is 7.89. The molecule has 0 radical (unpaired) electrons. The van der Waals surface area contributed by atoms with E-state index in [9.17, 15) is 22.4 Å². The van der Waals surface area contributed by atoms with E-state index >= 15 is 0 Å². The van der Waals surface area contributed by atoms with Gasteiger partial charge in [-0.2, -0.15) is 13.2 Å². The molecule has 0 saturated heterocycles. The number of aromatic nitrogens is 1. The van der Waals surface area contributed by atoms with Crippen LogP contribution in [0.1, 0.15) is 41.8 Å². The number of benzene rings is 1. The zero-order valence-electron chi connectivity index (χ0n) is 13.4. The molecule has 4 nitrogen and oxygen atoms in total. The Morgan fingerprint density at radius 1 is 1.23 bits per heavy atom. The number of alkyl halides is 3. The second-order valence-corrected chi connectivity index (χ2v) is 6.02. The van der Waals surface area contributed by atoms with E-state index in [1.807, 2.05) is 0 Å². The molecule has 0 saturated carbocycles. The molecule has 1 atom stereocenters. The van der Waals surface area contributed by atoms with Gasteiger partial charge in [0.1, 0.15) is 23.4 Å². The fraction of sp³-hybridized carbons (Fsp3) is 0.222. The minimum Gasteiger partial charge on any atom is -0.484 e. The maximum Gasteiger partial charge on any atom is 0.433 e. The monoisotopic (exact) mass is 364 g/mol. The Morgan fingerprint density at radius 2 is 2.00 bits per heavy atom. The van der Waals surface area contributed by atoms with Gasteiger partial charge in [0.2, 0.25) is 0 Å². The average molecular weight is 364 g/mol. The number of halogens is 4. The predicted molar refractivity (Wildman–Crippen MR) is 85.2 cm³/mol. The standard InChI is InChI=1S/C18H12F4N2O2/c1-2-13-9-6-14(18(20,21)22)23-7-11(9)16(26-13)15-10-5-8(19)3-4-12(10)24-17(15)25/h3-7,13H,2H2,1H3,(H,24,25)/b16-15+. The SMILES string of the molecule is CCC1O/C(=C2/C(=O)Nc3ccc(F)cc32)c2cnc(C(F)(F)F)cc21. The summed E-state index contributed by atoms with van der Waals surface area (Å²) < 4.78 is 58.3. The van der Waals surface area contributed by atoms with Gasteiger partial charge in [-0.1, -0.05) is 6.92 Å². The highest BCUT2D eigenvalue weighted by Crippen LogP contribution is 2.47. The Morgan fingerprint density at radius 3 is 2.69 bits per heavy atom. The molecule has 3 heterocycles. The molecular weight excluding hydrogens is 352 g/mol. The maximum absolute atomic E-state index is 13.6. The number of nitrogens with zero attached hydrogens (tertiary/aromatic N) is 1.